The van der Waals surface area contributed by atoms with Crippen molar-refractivity contribution >= 4 is 38.5 Å². The minimum atomic E-state index is 0.151. The second-order valence-electron chi connectivity index (χ2n) is 4.10. The van der Waals surface area contributed by atoms with Gasteiger partial charge in [-0.05, 0) is 13.0 Å². The third-order valence-electron chi connectivity index (χ3n) is 2.79. The van der Waals surface area contributed by atoms with Crippen LogP contribution in [0.5, 0.6) is 0 Å². The van der Waals surface area contributed by atoms with Gasteiger partial charge in [0.05, 0.1) is 17.1 Å². The predicted octanol–water partition coefficient (Wildman–Crippen LogP) is 4.09. The zero-order valence-corrected chi connectivity index (χ0v) is 11.5. The van der Waals surface area contributed by atoms with Gasteiger partial charge < -0.3 is 0 Å². The lowest BCUT2D eigenvalue weighted by molar-refractivity contribution is 0.0994. The van der Waals surface area contributed by atoms with Gasteiger partial charge in [0, 0.05) is 26.4 Å². The molecule has 4 heteroatoms. The summed E-state index contributed by atoms with van der Waals surface area (Å²) in [5.41, 5.74) is 1.69. The molecule has 0 bridgehead atoms. The summed E-state index contributed by atoms with van der Waals surface area (Å²) in [6, 6.07) is 8.02. The Labute approximate surface area is 113 Å². The molecule has 0 saturated heterocycles. The molecule has 2 nitrogen and oxygen atoms in total. The number of fused-ring (bicyclic) bond motifs is 1. The van der Waals surface area contributed by atoms with Crippen molar-refractivity contribution in [2.45, 2.75) is 13.3 Å². The first-order valence-electron chi connectivity index (χ1n) is 5.64. The van der Waals surface area contributed by atoms with E-state index in [9.17, 15) is 4.79 Å². The van der Waals surface area contributed by atoms with Crippen molar-refractivity contribution in [2.75, 3.05) is 0 Å². The second kappa shape index (κ2) is 4.63. The first kappa shape index (κ1) is 11.6. The number of ketones is 1. The molecule has 0 radical (unpaired) electrons. The molecule has 0 aliphatic carbocycles. The largest absolute Gasteiger partial charge is 0.294 e. The number of benzene rings is 1. The third-order valence-corrected chi connectivity index (χ3v) is 4.58. The Morgan fingerprint density at radius 3 is 2.83 bits per heavy atom. The van der Waals surface area contributed by atoms with Gasteiger partial charge in [-0.2, -0.15) is 0 Å². The van der Waals surface area contributed by atoms with E-state index in [-0.39, 0.29) is 5.78 Å². The number of aromatic nitrogens is 1. The molecule has 1 aromatic carbocycles. The average Bonchev–Trinajstić information content (AvgIpc) is 2.95. The first-order valence-corrected chi connectivity index (χ1v) is 7.40. The van der Waals surface area contributed by atoms with Crippen LogP contribution in [0.2, 0.25) is 0 Å². The summed E-state index contributed by atoms with van der Waals surface area (Å²) < 4.78 is 1.16. The lowest BCUT2D eigenvalue weighted by atomic mass is 10.1. The van der Waals surface area contributed by atoms with Crippen LogP contribution in [0.15, 0.2) is 35.0 Å². The highest BCUT2D eigenvalue weighted by molar-refractivity contribution is 7.17. The van der Waals surface area contributed by atoms with Gasteiger partial charge in [-0.3, -0.25) is 4.79 Å². The molecule has 0 fully saturated rings. The number of rotatable bonds is 3. The normalized spacial score (nSPS) is 10.9. The molecular formula is C14H11NOS2. The van der Waals surface area contributed by atoms with Crippen LogP contribution in [-0.4, -0.2) is 10.8 Å². The molecule has 0 aliphatic heterocycles. The van der Waals surface area contributed by atoms with E-state index < -0.39 is 0 Å². The summed E-state index contributed by atoms with van der Waals surface area (Å²) in [6.45, 7) is 1.96. The Balaban J connectivity index is 1.92. The molecule has 90 valence electrons. The molecule has 0 saturated carbocycles. The number of Topliss-reactive ketones (excluding diaryl/α,β-unsaturated/α-hetero) is 1. The Bertz CT molecular complexity index is 711. The molecule has 0 spiro atoms. The van der Waals surface area contributed by atoms with Crippen LogP contribution in [0, 0.1) is 6.92 Å². The molecule has 0 amide bonds. The number of nitrogens with zero attached hydrogens (tertiary/aromatic N) is 1. The van der Waals surface area contributed by atoms with Gasteiger partial charge in [-0.1, -0.05) is 18.2 Å². The highest BCUT2D eigenvalue weighted by atomic mass is 32.1. The van der Waals surface area contributed by atoms with E-state index in [2.05, 4.69) is 4.98 Å². The number of thiophene rings is 1. The van der Waals surface area contributed by atoms with Gasteiger partial charge >= 0.3 is 0 Å². The number of thiazole rings is 1. The molecule has 2 aromatic heterocycles. The van der Waals surface area contributed by atoms with Crippen molar-refractivity contribution in [3.63, 3.8) is 0 Å². The highest BCUT2D eigenvalue weighted by Gasteiger charge is 2.13. The molecule has 3 aromatic rings. The van der Waals surface area contributed by atoms with Gasteiger partial charge in [0.15, 0.2) is 5.78 Å². The molecule has 3 rings (SSSR count). The molecule has 0 atom stereocenters. The van der Waals surface area contributed by atoms with Crippen LogP contribution in [-0.2, 0) is 6.42 Å². The third kappa shape index (κ3) is 2.09. The summed E-state index contributed by atoms with van der Waals surface area (Å²) in [6.07, 6.45) is 0.394. The van der Waals surface area contributed by atoms with E-state index in [0.29, 0.717) is 6.42 Å². The van der Waals surface area contributed by atoms with E-state index >= 15 is 0 Å². The highest BCUT2D eigenvalue weighted by Crippen LogP contribution is 2.26. The van der Waals surface area contributed by atoms with E-state index in [4.69, 9.17) is 0 Å². The topological polar surface area (TPSA) is 30.0 Å². The van der Waals surface area contributed by atoms with Gasteiger partial charge in [-0.25, -0.2) is 4.98 Å². The molecular weight excluding hydrogens is 262 g/mol. The van der Waals surface area contributed by atoms with E-state index in [1.165, 1.54) is 0 Å². The quantitative estimate of drug-likeness (QED) is 0.673. The summed E-state index contributed by atoms with van der Waals surface area (Å²) in [7, 11) is 0. The van der Waals surface area contributed by atoms with E-state index in [1.54, 1.807) is 22.7 Å². The molecule has 0 aliphatic rings. The maximum atomic E-state index is 12.3. The Hall–Kier alpha value is -1.52. The van der Waals surface area contributed by atoms with Crippen molar-refractivity contribution in [1.29, 1.82) is 0 Å². The van der Waals surface area contributed by atoms with Crippen molar-refractivity contribution in [1.82, 2.24) is 4.98 Å². The molecule has 18 heavy (non-hydrogen) atoms. The van der Waals surface area contributed by atoms with Gasteiger partial charge in [0.25, 0.3) is 0 Å². The van der Waals surface area contributed by atoms with Crippen LogP contribution in [0.4, 0.5) is 0 Å². The number of aryl methyl sites for hydroxylation is 1. The molecule has 0 unspecified atom stereocenters. The standard InChI is InChI=1S/C14H11NOS2/c1-9-15-10(7-17-9)6-13(16)12-8-18-14-5-3-2-4-11(12)14/h2-5,7-8H,6H2,1H3. The van der Waals surface area contributed by atoms with Gasteiger partial charge in [0.1, 0.15) is 0 Å². The Morgan fingerprint density at radius 1 is 1.22 bits per heavy atom. The number of carbonyl (C=O) groups excluding carboxylic acids is 1. The van der Waals surface area contributed by atoms with Crippen LogP contribution in [0.25, 0.3) is 10.1 Å². The van der Waals surface area contributed by atoms with Crippen LogP contribution in [0.1, 0.15) is 21.1 Å². The number of hydrogen-bond acceptors (Lipinski definition) is 4. The van der Waals surface area contributed by atoms with Gasteiger partial charge in [-0.15, -0.1) is 22.7 Å². The van der Waals surface area contributed by atoms with Crippen molar-refractivity contribution in [3.8, 4) is 0 Å². The monoisotopic (exact) mass is 273 g/mol. The number of carbonyl (C=O) groups is 1. The minimum absolute atomic E-state index is 0.151. The summed E-state index contributed by atoms with van der Waals surface area (Å²) >= 11 is 3.21. The minimum Gasteiger partial charge on any atom is -0.294 e. The summed E-state index contributed by atoms with van der Waals surface area (Å²) in [5.74, 6) is 0.151. The summed E-state index contributed by atoms with van der Waals surface area (Å²) in [5, 5.41) is 5.97. The maximum absolute atomic E-state index is 12.3. The number of hydrogen-bond donors (Lipinski definition) is 0. The fraction of sp³-hybridized carbons (Fsp3) is 0.143. The SMILES string of the molecule is Cc1nc(CC(=O)c2csc3ccccc23)cs1. The average molecular weight is 273 g/mol. The van der Waals surface area contributed by atoms with Crippen LogP contribution >= 0.6 is 22.7 Å². The molecule has 2 heterocycles. The zero-order chi connectivity index (χ0) is 12.5. The maximum Gasteiger partial charge on any atom is 0.170 e. The van der Waals surface area contributed by atoms with Crippen LogP contribution < -0.4 is 0 Å². The van der Waals surface area contributed by atoms with Crippen LogP contribution in [0.3, 0.4) is 0 Å². The van der Waals surface area contributed by atoms with Crippen molar-refractivity contribution < 1.29 is 4.79 Å². The zero-order valence-electron chi connectivity index (χ0n) is 9.84. The first-order chi connectivity index (χ1) is 8.74. The summed E-state index contributed by atoms with van der Waals surface area (Å²) in [4.78, 5) is 16.6. The van der Waals surface area contributed by atoms with E-state index in [0.717, 1.165) is 26.4 Å². The Kier molecular flexibility index (Phi) is 2.97. The van der Waals surface area contributed by atoms with Crippen molar-refractivity contribution in [3.05, 3.63) is 51.3 Å². The predicted molar refractivity (Wildman–Crippen MR) is 76.7 cm³/mol. The smallest absolute Gasteiger partial charge is 0.170 e. The van der Waals surface area contributed by atoms with Crippen molar-refractivity contribution in [2.24, 2.45) is 0 Å². The fourth-order valence-corrected chi connectivity index (χ4v) is 3.52. The van der Waals surface area contributed by atoms with E-state index in [1.807, 2.05) is 41.9 Å². The second-order valence-corrected chi connectivity index (χ2v) is 6.08. The lowest BCUT2D eigenvalue weighted by Crippen LogP contribution is -2.02. The molecule has 0 N–H and O–H groups in total. The van der Waals surface area contributed by atoms with Gasteiger partial charge in [0.2, 0.25) is 0 Å². The lowest BCUT2D eigenvalue weighted by Gasteiger charge is -1.97. The Morgan fingerprint density at radius 2 is 2.06 bits per heavy atom. The fourth-order valence-electron chi connectivity index (χ4n) is 1.94.